The van der Waals surface area contributed by atoms with Crippen molar-refractivity contribution in [2.45, 2.75) is 16.6 Å². The van der Waals surface area contributed by atoms with E-state index in [4.69, 9.17) is 4.74 Å². The number of thioether (sulfide) groups is 1. The zero-order valence-electron chi connectivity index (χ0n) is 12.8. The Morgan fingerprint density at radius 2 is 2.04 bits per heavy atom. The van der Waals surface area contributed by atoms with Crippen LogP contribution in [0.2, 0.25) is 0 Å². The van der Waals surface area contributed by atoms with Crippen LogP contribution in [0.1, 0.15) is 6.42 Å². The lowest BCUT2D eigenvalue weighted by atomic mass is 10.2. The second-order valence-electron chi connectivity index (χ2n) is 5.22. The van der Waals surface area contributed by atoms with Crippen LogP contribution in [0.3, 0.4) is 0 Å². The van der Waals surface area contributed by atoms with Crippen molar-refractivity contribution in [1.82, 2.24) is 0 Å². The summed E-state index contributed by atoms with van der Waals surface area (Å²) in [5, 5.41) is 4.93. The molecule has 124 valence electrons. The number of carbonyl (C=O) groups is 2. The molecule has 0 bridgehead atoms. The van der Waals surface area contributed by atoms with Gasteiger partial charge in [0.25, 0.3) is 0 Å². The molecule has 7 heteroatoms. The second kappa shape index (κ2) is 6.92. The summed E-state index contributed by atoms with van der Waals surface area (Å²) in [6, 6.07) is 10.9. The van der Waals surface area contributed by atoms with E-state index < -0.39 is 5.25 Å². The van der Waals surface area contributed by atoms with E-state index in [0.717, 1.165) is 4.90 Å². The van der Waals surface area contributed by atoms with Gasteiger partial charge in [-0.1, -0.05) is 0 Å². The topological polar surface area (TPSA) is 67.4 Å². The van der Waals surface area contributed by atoms with Gasteiger partial charge < -0.3 is 15.4 Å². The third kappa shape index (κ3) is 3.68. The van der Waals surface area contributed by atoms with E-state index in [9.17, 15) is 14.0 Å². The predicted octanol–water partition coefficient (Wildman–Crippen LogP) is 3.28. The van der Waals surface area contributed by atoms with Crippen molar-refractivity contribution in [1.29, 1.82) is 0 Å². The molecule has 0 fully saturated rings. The highest BCUT2D eigenvalue weighted by Gasteiger charge is 2.29. The molecule has 0 aliphatic carbocycles. The molecule has 2 N–H and O–H groups in total. The number of nitrogens with one attached hydrogen (secondary N) is 2. The Morgan fingerprint density at radius 3 is 2.75 bits per heavy atom. The fraction of sp³-hybridized carbons (Fsp3) is 0.176. The summed E-state index contributed by atoms with van der Waals surface area (Å²) in [4.78, 5) is 25.2. The summed E-state index contributed by atoms with van der Waals surface area (Å²) in [7, 11) is 1.56. The number of benzene rings is 2. The smallest absolute Gasteiger partial charge is 0.238 e. The molecule has 0 saturated carbocycles. The zero-order valence-corrected chi connectivity index (χ0v) is 13.7. The first-order valence-corrected chi connectivity index (χ1v) is 8.14. The molecule has 24 heavy (non-hydrogen) atoms. The van der Waals surface area contributed by atoms with Crippen molar-refractivity contribution in [3.63, 3.8) is 0 Å². The van der Waals surface area contributed by atoms with Gasteiger partial charge in [-0.2, -0.15) is 0 Å². The standard InChI is InChI=1S/C17H15FN2O3S/c1-23-12-6-7-14-13(8-12)20-17(22)15(24-14)9-16(21)19-11-4-2-10(18)3-5-11/h2-8,15H,9H2,1H3,(H,19,21)(H,20,22). The maximum Gasteiger partial charge on any atom is 0.238 e. The summed E-state index contributed by atoms with van der Waals surface area (Å²) in [5.74, 6) is -0.245. The fourth-order valence-corrected chi connectivity index (χ4v) is 3.40. The van der Waals surface area contributed by atoms with Gasteiger partial charge in [-0.15, -0.1) is 11.8 Å². The molecule has 5 nitrogen and oxygen atoms in total. The lowest BCUT2D eigenvalue weighted by molar-refractivity contribution is -0.120. The number of anilines is 2. The molecule has 1 aliphatic heterocycles. The lowest BCUT2D eigenvalue weighted by Crippen LogP contribution is -2.32. The third-order valence-electron chi connectivity index (χ3n) is 3.51. The summed E-state index contributed by atoms with van der Waals surface area (Å²) in [5.41, 5.74) is 1.17. The van der Waals surface area contributed by atoms with Gasteiger partial charge in [-0.05, 0) is 36.4 Å². The zero-order chi connectivity index (χ0) is 17.1. The average Bonchev–Trinajstić information content (AvgIpc) is 2.57. The first kappa shape index (κ1) is 16.3. The van der Waals surface area contributed by atoms with Crippen molar-refractivity contribution < 1.29 is 18.7 Å². The number of carbonyl (C=O) groups excluding carboxylic acids is 2. The number of hydrogen-bond acceptors (Lipinski definition) is 4. The molecule has 1 aliphatic rings. The average molecular weight is 346 g/mol. The van der Waals surface area contributed by atoms with Gasteiger partial charge in [0.1, 0.15) is 11.6 Å². The fourth-order valence-electron chi connectivity index (χ4n) is 2.30. The van der Waals surface area contributed by atoms with Gasteiger partial charge >= 0.3 is 0 Å². The summed E-state index contributed by atoms with van der Waals surface area (Å²) < 4.78 is 18.0. The maximum atomic E-state index is 12.9. The Morgan fingerprint density at radius 1 is 1.29 bits per heavy atom. The molecule has 3 rings (SSSR count). The molecule has 0 radical (unpaired) electrons. The largest absolute Gasteiger partial charge is 0.497 e. The van der Waals surface area contributed by atoms with E-state index in [-0.39, 0.29) is 24.1 Å². The minimum absolute atomic E-state index is 0.0271. The van der Waals surface area contributed by atoms with Crippen LogP contribution in [0.15, 0.2) is 47.4 Å². The van der Waals surface area contributed by atoms with Gasteiger partial charge in [0.2, 0.25) is 11.8 Å². The van der Waals surface area contributed by atoms with E-state index in [1.54, 1.807) is 19.2 Å². The molecular formula is C17H15FN2O3S. The summed E-state index contributed by atoms with van der Waals surface area (Å²) >= 11 is 1.34. The molecule has 2 aromatic carbocycles. The lowest BCUT2D eigenvalue weighted by Gasteiger charge is -2.24. The van der Waals surface area contributed by atoms with Crippen molar-refractivity contribution in [3.8, 4) is 5.75 Å². The molecule has 1 atom stereocenters. The Balaban J connectivity index is 1.65. The number of fused-ring (bicyclic) bond motifs is 1. The van der Waals surface area contributed by atoms with Crippen molar-refractivity contribution in [3.05, 3.63) is 48.3 Å². The Hall–Kier alpha value is -2.54. The third-order valence-corrected chi connectivity index (χ3v) is 4.78. The predicted molar refractivity (Wildman–Crippen MR) is 90.9 cm³/mol. The highest BCUT2D eigenvalue weighted by molar-refractivity contribution is 8.01. The minimum Gasteiger partial charge on any atom is -0.497 e. The number of methoxy groups -OCH3 is 1. The van der Waals surface area contributed by atoms with Gasteiger partial charge in [-0.3, -0.25) is 9.59 Å². The van der Waals surface area contributed by atoms with Crippen LogP contribution in [0.5, 0.6) is 5.75 Å². The quantitative estimate of drug-likeness (QED) is 0.892. The van der Waals surface area contributed by atoms with E-state index in [0.29, 0.717) is 17.1 Å². The van der Waals surface area contributed by atoms with E-state index >= 15 is 0 Å². The number of halogens is 1. The van der Waals surface area contributed by atoms with Crippen LogP contribution >= 0.6 is 11.8 Å². The molecular weight excluding hydrogens is 331 g/mol. The molecule has 1 unspecified atom stereocenters. The number of ether oxygens (including phenoxy) is 1. The van der Waals surface area contributed by atoms with Crippen LogP contribution in [0, 0.1) is 5.82 Å². The Kier molecular flexibility index (Phi) is 4.71. The Bertz CT molecular complexity index is 780. The first-order valence-electron chi connectivity index (χ1n) is 7.26. The number of hydrogen-bond donors (Lipinski definition) is 2. The van der Waals surface area contributed by atoms with Crippen LogP contribution in [-0.2, 0) is 9.59 Å². The van der Waals surface area contributed by atoms with E-state index in [2.05, 4.69) is 10.6 Å². The molecule has 2 amide bonds. The maximum absolute atomic E-state index is 12.9. The summed E-state index contributed by atoms with van der Waals surface area (Å²) in [6.45, 7) is 0. The van der Waals surface area contributed by atoms with E-state index in [1.165, 1.54) is 36.0 Å². The van der Waals surface area contributed by atoms with Gasteiger partial charge in [0.15, 0.2) is 0 Å². The second-order valence-corrected chi connectivity index (χ2v) is 6.46. The SMILES string of the molecule is COc1ccc2c(c1)NC(=O)C(CC(=O)Nc1ccc(F)cc1)S2. The molecule has 1 heterocycles. The molecule has 0 spiro atoms. The monoisotopic (exact) mass is 346 g/mol. The van der Waals surface area contributed by atoms with Gasteiger partial charge in [0.05, 0.1) is 18.0 Å². The number of amides is 2. The summed E-state index contributed by atoms with van der Waals surface area (Å²) in [6.07, 6.45) is 0.0271. The normalized spacial score (nSPS) is 16.1. The molecule has 0 aromatic heterocycles. The van der Waals surface area contributed by atoms with E-state index in [1.807, 2.05) is 6.07 Å². The first-order chi connectivity index (χ1) is 11.5. The van der Waals surface area contributed by atoms with Crippen LogP contribution in [0.25, 0.3) is 0 Å². The van der Waals surface area contributed by atoms with Crippen molar-refractivity contribution in [2.75, 3.05) is 17.7 Å². The highest BCUT2D eigenvalue weighted by atomic mass is 32.2. The molecule has 2 aromatic rings. The molecule has 0 saturated heterocycles. The van der Waals surface area contributed by atoms with Crippen molar-refractivity contribution in [2.24, 2.45) is 0 Å². The van der Waals surface area contributed by atoms with Crippen LogP contribution in [0.4, 0.5) is 15.8 Å². The Labute approximate surface area is 142 Å². The van der Waals surface area contributed by atoms with Crippen LogP contribution in [-0.4, -0.2) is 24.2 Å². The minimum atomic E-state index is -0.522. The van der Waals surface area contributed by atoms with Crippen molar-refractivity contribution >= 4 is 35.0 Å². The highest BCUT2D eigenvalue weighted by Crippen LogP contribution is 2.38. The van der Waals surface area contributed by atoms with Gasteiger partial charge in [-0.25, -0.2) is 4.39 Å². The van der Waals surface area contributed by atoms with Crippen LogP contribution < -0.4 is 15.4 Å². The van der Waals surface area contributed by atoms with Gasteiger partial charge in [0, 0.05) is 23.1 Å². The number of rotatable bonds is 4.